The lowest BCUT2D eigenvalue weighted by atomic mass is 10.0. The molecule has 19 heavy (non-hydrogen) atoms. The third-order valence-corrected chi connectivity index (χ3v) is 2.36. The van der Waals surface area contributed by atoms with Gasteiger partial charge in [-0.25, -0.2) is 0 Å². The lowest BCUT2D eigenvalue weighted by Crippen LogP contribution is -2.26. The van der Waals surface area contributed by atoms with Crippen molar-refractivity contribution in [1.82, 2.24) is 0 Å². The Kier molecular flexibility index (Phi) is 4.61. The number of hydrogen-bond acceptors (Lipinski definition) is 4. The Labute approximate surface area is 111 Å². The highest BCUT2D eigenvalue weighted by Gasteiger charge is 2.22. The van der Waals surface area contributed by atoms with Crippen LogP contribution in [-0.4, -0.2) is 16.4 Å². The Morgan fingerprint density at radius 3 is 2.26 bits per heavy atom. The van der Waals surface area contributed by atoms with Crippen molar-refractivity contribution in [2.24, 2.45) is 5.73 Å². The number of carbonyl (C=O) groups is 1. The van der Waals surface area contributed by atoms with Crippen LogP contribution >= 0.6 is 0 Å². The average molecular weight is 266 g/mol. The normalized spacial score (nSPS) is 13.0. The quantitative estimate of drug-likeness (QED) is 0.653. The number of amides is 1. The summed E-state index contributed by atoms with van der Waals surface area (Å²) in [5.41, 5.74) is 5.45. The maximum atomic E-state index is 11.1. The van der Waals surface area contributed by atoms with Crippen LogP contribution in [0.2, 0.25) is 0 Å². The largest absolute Gasteiger partial charge is 0.370 e. The summed E-state index contributed by atoms with van der Waals surface area (Å²) < 4.78 is 5.76. The Balaban J connectivity index is 2.96. The van der Waals surface area contributed by atoms with Crippen molar-refractivity contribution in [3.63, 3.8) is 0 Å². The van der Waals surface area contributed by atoms with Crippen LogP contribution in [0.4, 0.5) is 5.69 Å². The van der Waals surface area contributed by atoms with Gasteiger partial charge in [0.15, 0.2) is 0 Å². The zero-order valence-electron chi connectivity index (χ0n) is 11.3. The molecule has 1 aromatic rings. The van der Waals surface area contributed by atoms with Crippen LogP contribution in [0.1, 0.15) is 38.9 Å². The van der Waals surface area contributed by atoms with Crippen molar-refractivity contribution >= 4 is 11.6 Å². The molecule has 2 N–H and O–H groups in total. The topological polar surface area (TPSA) is 95.5 Å². The zero-order chi connectivity index (χ0) is 14.6. The molecule has 0 saturated carbocycles. The molecule has 1 rings (SSSR count). The van der Waals surface area contributed by atoms with Crippen LogP contribution in [-0.2, 0) is 9.53 Å². The standard InChI is InChI=1S/C13H18N2O4/c1-13(2,3)19-11(8-12(14)16)9-4-6-10(7-5-9)15(17)18/h4-7,11H,8H2,1-3H3,(H2,14,16). The summed E-state index contributed by atoms with van der Waals surface area (Å²) in [5, 5.41) is 10.6. The number of carbonyl (C=O) groups excluding carboxylic acids is 1. The van der Waals surface area contributed by atoms with Gasteiger partial charge in [-0.2, -0.15) is 0 Å². The second kappa shape index (κ2) is 5.79. The van der Waals surface area contributed by atoms with E-state index in [0.29, 0.717) is 5.56 Å². The highest BCUT2D eigenvalue weighted by atomic mass is 16.6. The molecule has 0 aliphatic carbocycles. The van der Waals surface area contributed by atoms with Gasteiger partial charge in [0.25, 0.3) is 5.69 Å². The van der Waals surface area contributed by atoms with Crippen molar-refractivity contribution in [2.45, 2.75) is 38.9 Å². The van der Waals surface area contributed by atoms with Crippen molar-refractivity contribution in [3.8, 4) is 0 Å². The van der Waals surface area contributed by atoms with E-state index in [2.05, 4.69) is 0 Å². The van der Waals surface area contributed by atoms with Gasteiger partial charge < -0.3 is 10.5 Å². The number of nitrogens with zero attached hydrogens (tertiary/aromatic N) is 1. The molecule has 1 amide bonds. The van der Waals surface area contributed by atoms with Gasteiger partial charge in [-0.1, -0.05) is 0 Å². The van der Waals surface area contributed by atoms with E-state index in [1.54, 1.807) is 12.1 Å². The maximum absolute atomic E-state index is 11.1. The summed E-state index contributed by atoms with van der Waals surface area (Å²) in [5.74, 6) is -0.479. The number of nitro benzene ring substituents is 1. The molecule has 0 aliphatic heterocycles. The number of nitro groups is 1. The van der Waals surface area contributed by atoms with Crippen LogP contribution in [0.5, 0.6) is 0 Å². The predicted molar refractivity (Wildman–Crippen MR) is 70.5 cm³/mol. The second-order valence-corrected chi connectivity index (χ2v) is 5.24. The molecule has 0 bridgehead atoms. The number of benzene rings is 1. The molecule has 6 nitrogen and oxygen atoms in total. The van der Waals surface area contributed by atoms with Crippen molar-refractivity contribution in [2.75, 3.05) is 0 Å². The Bertz CT molecular complexity index is 463. The molecular formula is C13H18N2O4. The van der Waals surface area contributed by atoms with Crippen LogP contribution in [0.15, 0.2) is 24.3 Å². The number of hydrogen-bond donors (Lipinski definition) is 1. The fraction of sp³-hybridized carbons (Fsp3) is 0.462. The number of primary amides is 1. The van der Waals surface area contributed by atoms with Gasteiger partial charge in [0.2, 0.25) is 5.91 Å². The lowest BCUT2D eigenvalue weighted by molar-refractivity contribution is -0.384. The molecule has 1 aromatic carbocycles. The van der Waals surface area contributed by atoms with Gasteiger partial charge in [-0.15, -0.1) is 0 Å². The smallest absolute Gasteiger partial charge is 0.269 e. The van der Waals surface area contributed by atoms with Gasteiger partial charge in [0.05, 0.1) is 23.0 Å². The summed E-state index contributed by atoms with van der Waals surface area (Å²) in [4.78, 5) is 21.2. The van der Waals surface area contributed by atoms with Crippen LogP contribution in [0, 0.1) is 10.1 Å². The minimum atomic E-state index is -0.502. The molecule has 0 radical (unpaired) electrons. The van der Waals surface area contributed by atoms with Crippen LogP contribution < -0.4 is 5.73 Å². The van der Waals surface area contributed by atoms with E-state index in [4.69, 9.17) is 10.5 Å². The van der Waals surface area contributed by atoms with E-state index in [9.17, 15) is 14.9 Å². The molecule has 0 fully saturated rings. The van der Waals surface area contributed by atoms with Crippen LogP contribution in [0.3, 0.4) is 0 Å². The molecule has 1 atom stereocenters. The summed E-state index contributed by atoms with van der Waals surface area (Å²) in [6.07, 6.45) is -0.465. The molecule has 0 heterocycles. The summed E-state index contributed by atoms with van der Waals surface area (Å²) in [6, 6.07) is 5.93. The van der Waals surface area contributed by atoms with Gasteiger partial charge in [0, 0.05) is 12.1 Å². The van der Waals surface area contributed by atoms with Crippen molar-refractivity contribution in [3.05, 3.63) is 39.9 Å². The Morgan fingerprint density at radius 2 is 1.89 bits per heavy atom. The van der Waals surface area contributed by atoms with Gasteiger partial charge >= 0.3 is 0 Å². The van der Waals surface area contributed by atoms with Gasteiger partial charge in [0.1, 0.15) is 0 Å². The third kappa shape index (κ3) is 5.05. The number of nitrogens with two attached hydrogens (primary N) is 1. The fourth-order valence-electron chi connectivity index (χ4n) is 1.65. The van der Waals surface area contributed by atoms with E-state index in [0.717, 1.165) is 0 Å². The molecule has 0 saturated heterocycles. The Morgan fingerprint density at radius 1 is 1.37 bits per heavy atom. The first-order chi connectivity index (χ1) is 8.69. The second-order valence-electron chi connectivity index (χ2n) is 5.24. The van der Waals surface area contributed by atoms with Crippen molar-refractivity contribution < 1.29 is 14.5 Å². The molecule has 104 valence electrons. The highest BCUT2D eigenvalue weighted by Crippen LogP contribution is 2.28. The number of rotatable bonds is 5. The summed E-state index contributed by atoms with van der Waals surface area (Å²) in [7, 11) is 0. The average Bonchev–Trinajstić information content (AvgIpc) is 2.25. The predicted octanol–water partition coefficient (Wildman–Crippen LogP) is 2.33. The fourth-order valence-corrected chi connectivity index (χ4v) is 1.65. The van der Waals surface area contributed by atoms with E-state index in [1.807, 2.05) is 20.8 Å². The minimum Gasteiger partial charge on any atom is -0.370 e. The van der Waals surface area contributed by atoms with E-state index < -0.39 is 22.5 Å². The third-order valence-electron chi connectivity index (χ3n) is 2.36. The number of ether oxygens (including phenoxy) is 1. The zero-order valence-corrected chi connectivity index (χ0v) is 11.3. The SMILES string of the molecule is CC(C)(C)OC(CC(N)=O)c1ccc([N+](=O)[O-])cc1. The molecule has 6 heteroatoms. The minimum absolute atomic E-state index is 0.00247. The van der Waals surface area contributed by atoms with Crippen LogP contribution in [0.25, 0.3) is 0 Å². The first-order valence-corrected chi connectivity index (χ1v) is 5.89. The van der Waals surface area contributed by atoms with Crippen molar-refractivity contribution in [1.29, 1.82) is 0 Å². The molecule has 1 unspecified atom stereocenters. The summed E-state index contributed by atoms with van der Waals surface area (Å²) in [6.45, 7) is 5.60. The number of non-ortho nitro benzene ring substituents is 1. The summed E-state index contributed by atoms with van der Waals surface area (Å²) >= 11 is 0. The monoisotopic (exact) mass is 266 g/mol. The van der Waals surface area contributed by atoms with Gasteiger partial charge in [-0.3, -0.25) is 14.9 Å². The van der Waals surface area contributed by atoms with E-state index in [1.165, 1.54) is 12.1 Å². The maximum Gasteiger partial charge on any atom is 0.269 e. The Hall–Kier alpha value is -1.95. The first kappa shape index (κ1) is 15.1. The molecule has 0 spiro atoms. The van der Waals surface area contributed by atoms with E-state index in [-0.39, 0.29) is 12.1 Å². The first-order valence-electron chi connectivity index (χ1n) is 5.89. The molecule has 0 aromatic heterocycles. The highest BCUT2D eigenvalue weighted by molar-refractivity contribution is 5.74. The van der Waals surface area contributed by atoms with Gasteiger partial charge in [-0.05, 0) is 38.5 Å². The molecule has 0 aliphatic rings. The molecular weight excluding hydrogens is 248 g/mol. The lowest BCUT2D eigenvalue weighted by Gasteiger charge is -2.27. The van der Waals surface area contributed by atoms with E-state index >= 15 is 0 Å².